The number of pyridine rings is 1. The molecule has 0 spiro atoms. The van der Waals surface area contributed by atoms with E-state index in [9.17, 15) is 4.79 Å². The van der Waals surface area contributed by atoms with Crippen LogP contribution in [0.3, 0.4) is 0 Å². The minimum absolute atomic E-state index is 0.151. The lowest BCUT2D eigenvalue weighted by atomic mass is 10.1. The van der Waals surface area contributed by atoms with Gasteiger partial charge in [0.05, 0.1) is 29.4 Å². The number of anilines is 1. The van der Waals surface area contributed by atoms with Crippen molar-refractivity contribution in [1.29, 1.82) is 0 Å². The lowest BCUT2D eigenvalue weighted by Gasteiger charge is -2.16. The van der Waals surface area contributed by atoms with Crippen molar-refractivity contribution in [1.82, 2.24) is 24.5 Å². The van der Waals surface area contributed by atoms with Gasteiger partial charge in [-0.3, -0.25) is 4.79 Å². The number of carbonyl (C=O) groups is 1. The van der Waals surface area contributed by atoms with Gasteiger partial charge >= 0.3 is 0 Å². The number of fused-ring (bicyclic) bond motifs is 1. The first-order chi connectivity index (χ1) is 12.9. The minimum Gasteiger partial charge on any atom is -0.307 e. The van der Waals surface area contributed by atoms with E-state index >= 15 is 0 Å². The molecule has 27 heavy (non-hydrogen) atoms. The average Bonchev–Trinajstić information content (AvgIpc) is 3.29. The number of rotatable bonds is 5. The van der Waals surface area contributed by atoms with E-state index in [-0.39, 0.29) is 18.0 Å². The summed E-state index contributed by atoms with van der Waals surface area (Å²) in [5, 5.41) is 12.8. The first kappa shape index (κ1) is 17.7. The van der Waals surface area contributed by atoms with Crippen LogP contribution in [0.25, 0.3) is 11.0 Å². The molecule has 1 atom stereocenters. The van der Waals surface area contributed by atoms with Gasteiger partial charge in [0, 0.05) is 17.3 Å². The highest BCUT2D eigenvalue weighted by Crippen LogP contribution is 2.40. The Morgan fingerprint density at radius 3 is 2.52 bits per heavy atom. The molecule has 4 rings (SSSR count). The van der Waals surface area contributed by atoms with Crippen LogP contribution in [-0.4, -0.2) is 30.5 Å². The topological polar surface area (TPSA) is 77.6 Å². The van der Waals surface area contributed by atoms with Crippen molar-refractivity contribution in [2.24, 2.45) is 5.92 Å². The van der Waals surface area contributed by atoms with Crippen molar-refractivity contribution in [3.63, 3.8) is 0 Å². The van der Waals surface area contributed by atoms with E-state index in [0.717, 1.165) is 28.1 Å². The maximum absolute atomic E-state index is 13.2. The molecule has 3 heterocycles. The van der Waals surface area contributed by atoms with Crippen LogP contribution in [0.5, 0.6) is 0 Å². The number of aromatic nitrogens is 5. The molecule has 1 saturated carbocycles. The summed E-state index contributed by atoms with van der Waals surface area (Å²) in [6.45, 7) is 10.2. The number of carbonyl (C=O) groups excluding carboxylic acids is 1. The Labute approximate surface area is 158 Å². The Morgan fingerprint density at radius 2 is 1.85 bits per heavy atom. The normalized spacial score (nSPS) is 15.5. The molecule has 0 aliphatic heterocycles. The van der Waals surface area contributed by atoms with E-state index in [4.69, 9.17) is 0 Å². The third kappa shape index (κ3) is 3.11. The number of hydrogen-bond donors (Lipinski definition) is 1. The summed E-state index contributed by atoms with van der Waals surface area (Å²) in [5.41, 5.74) is 3.10. The van der Waals surface area contributed by atoms with Gasteiger partial charge in [-0.15, -0.1) is 0 Å². The molecule has 7 heteroatoms. The summed E-state index contributed by atoms with van der Waals surface area (Å²) in [6.07, 6.45) is 6.00. The Bertz CT molecular complexity index is 1010. The van der Waals surface area contributed by atoms with Crippen molar-refractivity contribution in [3.05, 3.63) is 35.3 Å². The zero-order valence-electron chi connectivity index (χ0n) is 16.5. The van der Waals surface area contributed by atoms with Gasteiger partial charge in [-0.2, -0.15) is 10.2 Å². The SMILES string of the molecule is Cc1cc(C(=O)Nc2c(C)cnn2[C@H](C)C2CC2)c2cnn(C(C)C)c2n1. The predicted molar refractivity (Wildman–Crippen MR) is 105 cm³/mol. The summed E-state index contributed by atoms with van der Waals surface area (Å²) in [6, 6.07) is 2.29. The quantitative estimate of drug-likeness (QED) is 0.739. The fourth-order valence-electron chi connectivity index (χ4n) is 3.58. The molecule has 1 fully saturated rings. The minimum atomic E-state index is -0.151. The fraction of sp³-hybridized carbons (Fsp3) is 0.500. The molecular formula is C20H26N6O. The largest absolute Gasteiger partial charge is 0.307 e. The van der Waals surface area contributed by atoms with Crippen LogP contribution in [-0.2, 0) is 0 Å². The smallest absolute Gasteiger partial charge is 0.257 e. The van der Waals surface area contributed by atoms with Crippen molar-refractivity contribution >= 4 is 22.8 Å². The van der Waals surface area contributed by atoms with E-state index in [1.807, 2.05) is 35.5 Å². The van der Waals surface area contributed by atoms with Crippen molar-refractivity contribution < 1.29 is 4.79 Å². The third-order valence-corrected chi connectivity index (χ3v) is 5.33. The number of aryl methyl sites for hydroxylation is 2. The average molecular weight is 366 g/mol. The molecule has 1 N–H and O–H groups in total. The highest BCUT2D eigenvalue weighted by atomic mass is 16.1. The zero-order valence-corrected chi connectivity index (χ0v) is 16.5. The monoisotopic (exact) mass is 366 g/mol. The van der Waals surface area contributed by atoms with Crippen molar-refractivity contribution in [3.8, 4) is 0 Å². The Morgan fingerprint density at radius 1 is 1.15 bits per heavy atom. The van der Waals surface area contributed by atoms with E-state index < -0.39 is 0 Å². The predicted octanol–water partition coefficient (Wildman–Crippen LogP) is 4.05. The van der Waals surface area contributed by atoms with Crippen LogP contribution in [0, 0.1) is 19.8 Å². The van der Waals surface area contributed by atoms with E-state index in [2.05, 4.69) is 41.3 Å². The Kier molecular flexibility index (Phi) is 4.25. The van der Waals surface area contributed by atoms with Gasteiger partial charge in [0.15, 0.2) is 5.65 Å². The van der Waals surface area contributed by atoms with Crippen LogP contribution in [0.1, 0.15) is 67.3 Å². The molecule has 1 aliphatic rings. The summed E-state index contributed by atoms with van der Waals surface area (Å²) in [4.78, 5) is 17.7. The van der Waals surface area contributed by atoms with Crippen LogP contribution in [0.15, 0.2) is 18.5 Å². The van der Waals surface area contributed by atoms with Crippen LogP contribution in [0.2, 0.25) is 0 Å². The van der Waals surface area contributed by atoms with Crippen molar-refractivity contribution in [2.75, 3.05) is 5.32 Å². The molecule has 0 unspecified atom stereocenters. The van der Waals surface area contributed by atoms with Gasteiger partial charge in [-0.1, -0.05) is 0 Å². The van der Waals surface area contributed by atoms with E-state index in [1.54, 1.807) is 6.20 Å². The maximum atomic E-state index is 13.2. The molecule has 7 nitrogen and oxygen atoms in total. The molecule has 0 radical (unpaired) electrons. The lowest BCUT2D eigenvalue weighted by molar-refractivity contribution is 0.102. The second-order valence-corrected chi connectivity index (χ2v) is 7.88. The Hall–Kier alpha value is -2.70. The molecule has 1 aliphatic carbocycles. The second kappa shape index (κ2) is 6.48. The van der Waals surface area contributed by atoms with Crippen LogP contribution < -0.4 is 5.32 Å². The maximum Gasteiger partial charge on any atom is 0.257 e. The first-order valence-electron chi connectivity index (χ1n) is 9.57. The zero-order chi connectivity index (χ0) is 19.3. The second-order valence-electron chi connectivity index (χ2n) is 7.88. The Balaban J connectivity index is 1.71. The summed E-state index contributed by atoms with van der Waals surface area (Å²) < 4.78 is 3.80. The van der Waals surface area contributed by atoms with E-state index in [0.29, 0.717) is 11.5 Å². The molecule has 0 bridgehead atoms. The van der Waals surface area contributed by atoms with Gasteiger partial charge < -0.3 is 5.32 Å². The summed E-state index contributed by atoms with van der Waals surface area (Å²) >= 11 is 0. The molecule has 3 aromatic rings. The highest BCUT2D eigenvalue weighted by molar-refractivity contribution is 6.11. The molecule has 142 valence electrons. The number of amides is 1. The van der Waals surface area contributed by atoms with Gasteiger partial charge in [-0.25, -0.2) is 14.3 Å². The molecule has 0 aromatic carbocycles. The number of hydrogen-bond acceptors (Lipinski definition) is 4. The lowest BCUT2D eigenvalue weighted by Crippen LogP contribution is -2.19. The fourth-order valence-corrected chi connectivity index (χ4v) is 3.58. The molecule has 3 aromatic heterocycles. The highest BCUT2D eigenvalue weighted by Gasteiger charge is 2.31. The van der Waals surface area contributed by atoms with Gasteiger partial charge in [-0.05, 0) is 59.4 Å². The summed E-state index contributed by atoms with van der Waals surface area (Å²) in [5.74, 6) is 1.28. The number of nitrogens with zero attached hydrogens (tertiary/aromatic N) is 5. The summed E-state index contributed by atoms with van der Waals surface area (Å²) in [7, 11) is 0. The van der Waals surface area contributed by atoms with Crippen LogP contribution in [0.4, 0.5) is 5.82 Å². The third-order valence-electron chi connectivity index (χ3n) is 5.33. The first-order valence-corrected chi connectivity index (χ1v) is 9.57. The van der Waals surface area contributed by atoms with Crippen LogP contribution >= 0.6 is 0 Å². The van der Waals surface area contributed by atoms with E-state index in [1.165, 1.54) is 12.8 Å². The molecule has 1 amide bonds. The van der Waals surface area contributed by atoms with Gasteiger partial charge in [0.2, 0.25) is 0 Å². The van der Waals surface area contributed by atoms with Gasteiger partial charge in [0.25, 0.3) is 5.91 Å². The molecular weight excluding hydrogens is 340 g/mol. The number of nitrogens with one attached hydrogen (secondary N) is 1. The standard InChI is InChI=1S/C20H26N6O/c1-11(2)25-19-17(10-22-25)16(8-13(4)23-19)20(27)24-18-12(3)9-21-26(18)14(5)15-6-7-15/h8-11,14-15H,6-7H2,1-5H3,(H,24,27)/t14-/m1/s1. The molecule has 0 saturated heterocycles. The van der Waals surface area contributed by atoms with Crippen molar-refractivity contribution in [2.45, 2.75) is 59.5 Å². The van der Waals surface area contributed by atoms with Gasteiger partial charge in [0.1, 0.15) is 5.82 Å².